The fourth-order valence-corrected chi connectivity index (χ4v) is 2.19. The number of hydrogen-bond acceptors (Lipinski definition) is 4. The van der Waals surface area contributed by atoms with Crippen molar-refractivity contribution in [1.29, 1.82) is 0 Å². The molecule has 5 heteroatoms. The minimum Gasteiger partial charge on any atom is -0.304 e. The maximum Gasteiger partial charge on any atom is 0.145 e. The van der Waals surface area contributed by atoms with Crippen LogP contribution in [0.5, 0.6) is 0 Å². The van der Waals surface area contributed by atoms with Crippen molar-refractivity contribution in [3.8, 4) is 0 Å². The Morgan fingerprint density at radius 2 is 2.21 bits per heavy atom. The van der Waals surface area contributed by atoms with Gasteiger partial charge < -0.3 is 5.32 Å². The smallest absolute Gasteiger partial charge is 0.145 e. The number of nitrogens with one attached hydrogen (secondary N) is 2. The van der Waals surface area contributed by atoms with Crippen molar-refractivity contribution in [2.24, 2.45) is 0 Å². The van der Waals surface area contributed by atoms with E-state index in [0.717, 1.165) is 28.8 Å². The number of H-pyrrole nitrogens is 1. The third-order valence-corrected chi connectivity index (χ3v) is 3.08. The second-order valence-corrected chi connectivity index (χ2v) is 4.32. The molecule has 19 heavy (non-hydrogen) atoms. The molecule has 2 N–H and O–H groups in total. The average molecular weight is 253 g/mol. The van der Waals surface area contributed by atoms with Gasteiger partial charge >= 0.3 is 0 Å². The van der Waals surface area contributed by atoms with E-state index < -0.39 is 0 Å². The first-order valence-electron chi connectivity index (χ1n) is 6.32. The third kappa shape index (κ3) is 2.32. The van der Waals surface area contributed by atoms with E-state index in [9.17, 15) is 0 Å². The second kappa shape index (κ2) is 5.16. The lowest BCUT2D eigenvalue weighted by Crippen LogP contribution is -2.23. The Hall–Kier alpha value is -2.27. The molecule has 0 saturated heterocycles. The lowest BCUT2D eigenvalue weighted by atomic mass is 10.0. The predicted molar refractivity (Wildman–Crippen MR) is 73.6 cm³/mol. The SMILES string of the molecule is CCNC(c1ccc2cccnc2c1)c1ncn[nH]1. The van der Waals surface area contributed by atoms with E-state index in [1.54, 1.807) is 0 Å². The summed E-state index contributed by atoms with van der Waals surface area (Å²) in [4.78, 5) is 8.63. The minimum absolute atomic E-state index is 0.0129. The highest BCUT2D eigenvalue weighted by atomic mass is 15.2. The molecule has 0 bridgehead atoms. The first-order chi connectivity index (χ1) is 9.38. The summed E-state index contributed by atoms with van der Waals surface area (Å²) >= 11 is 0. The number of rotatable bonds is 4. The van der Waals surface area contributed by atoms with Crippen molar-refractivity contribution >= 4 is 10.9 Å². The van der Waals surface area contributed by atoms with Crippen LogP contribution in [0.3, 0.4) is 0 Å². The maximum atomic E-state index is 4.39. The first-order valence-corrected chi connectivity index (χ1v) is 6.32. The van der Waals surface area contributed by atoms with Gasteiger partial charge in [0.1, 0.15) is 12.2 Å². The maximum absolute atomic E-state index is 4.39. The largest absolute Gasteiger partial charge is 0.304 e. The van der Waals surface area contributed by atoms with Crippen LogP contribution in [0.1, 0.15) is 24.4 Å². The third-order valence-electron chi connectivity index (χ3n) is 3.08. The molecule has 96 valence electrons. The van der Waals surface area contributed by atoms with Crippen LogP contribution in [-0.2, 0) is 0 Å². The van der Waals surface area contributed by atoms with Gasteiger partial charge in [0.15, 0.2) is 0 Å². The molecule has 1 atom stereocenters. The Labute approximate surface area is 111 Å². The molecule has 2 heterocycles. The molecular weight excluding hydrogens is 238 g/mol. The molecule has 0 aliphatic carbocycles. The van der Waals surface area contributed by atoms with E-state index in [1.807, 2.05) is 12.3 Å². The number of aromatic nitrogens is 4. The summed E-state index contributed by atoms with van der Waals surface area (Å²) in [6.07, 6.45) is 3.34. The van der Waals surface area contributed by atoms with Gasteiger partial charge in [0.2, 0.25) is 0 Å². The summed E-state index contributed by atoms with van der Waals surface area (Å²) in [6, 6.07) is 10.3. The van der Waals surface area contributed by atoms with Gasteiger partial charge in [-0.25, -0.2) is 4.98 Å². The Morgan fingerprint density at radius 3 is 3.00 bits per heavy atom. The molecule has 0 spiro atoms. The molecule has 3 rings (SSSR count). The summed E-state index contributed by atoms with van der Waals surface area (Å²) in [5.41, 5.74) is 2.12. The van der Waals surface area contributed by atoms with E-state index in [4.69, 9.17) is 0 Å². The molecule has 0 amide bonds. The van der Waals surface area contributed by atoms with Gasteiger partial charge in [-0.15, -0.1) is 0 Å². The fourth-order valence-electron chi connectivity index (χ4n) is 2.19. The predicted octanol–water partition coefficient (Wildman–Crippen LogP) is 2.05. The van der Waals surface area contributed by atoms with Crippen molar-refractivity contribution in [3.05, 3.63) is 54.2 Å². The topological polar surface area (TPSA) is 66.5 Å². The number of aromatic amines is 1. The first kappa shape index (κ1) is 11.8. The summed E-state index contributed by atoms with van der Waals surface area (Å²) in [7, 11) is 0. The van der Waals surface area contributed by atoms with Crippen molar-refractivity contribution in [2.45, 2.75) is 13.0 Å². The molecule has 3 aromatic rings. The van der Waals surface area contributed by atoms with Gasteiger partial charge in [0.25, 0.3) is 0 Å². The van der Waals surface area contributed by atoms with Crippen LogP contribution in [-0.4, -0.2) is 26.7 Å². The zero-order valence-electron chi connectivity index (χ0n) is 10.7. The van der Waals surface area contributed by atoms with Crippen LogP contribution in [0.15, 0.2) is 42.9 Å². The normalized spacial score (nSPS) is 12.7. The molecule has 0 fully saturated rings. The molecule has 0 radical (unpaired) electrons. The monoisotopic (exact) mass is 253 g/mol. The van der Waals surface area contributed by atoms with Crippen molar-refractivity contribution < 1.29 is 0 Å². The highest BCUT2D eigenvalue weighted by molar-refractivity contribution is 5.79. The molecule has 1 unspecified atom stereocenters. The van der Waals surface area contributed by atoms with Crippen LogP contribution in [0, 0.1) is 0 Å². The Bertz CT molecular complexity index is 662. The molecule has 5 nitrogen and oxygen atoms in total. The molecule has 2 aromatic heterocycles. The lowest BCUT2D eigenvalue weighted by molar-refractivity contribution is 0.600. The number of benzene rings is 1. The second-order valence-electron chi connectivity index (χ2n) is 4.32. The number of hydrogen-bond donors (Lipinski definition) is 2. The molecule has 0 aliphatic rings. The Balaban J connectivity index is 2.05. The van der Waals surface area contributed by atoms with Gasteiger partial charge in [0.05, 0.1) is 11.6 Å². The Morgan fingerprint density at radius 1 is 1.26 bits per heavy atom. The van der Waals surface area contributed by atoms with Crippen LogP contribution in [0.2, 0.25) is 0 Å². The summed E-state index contributed by atoms with van der Waals surface area (Å²) in [5.74, 6) is 0.817. The zero-order valence-corrected chi connectivity index (χ0v) is 10.7. The van der Waals surface area contributed by atoms with E-state index in [-0.39, 0.29) is 6.04 Å². The van der Waals surface area contributed by atoms with Crippen LogP contribution >= 0.6 is 0 Å². The molecule has 0 saturated carbocycles. The van der Waals surface area contributed by atoms with Gasteiger partial charge in [0, 0.05) is 11.6 Å². The van der Waals surface area contributed by atoms with Crippen molar-refractivity contribution in [3.63, 3.8) is 0 Å². The van der Waals surface area contributed by atoms with E-state index in [1.165, 1.54) is 6.33 Å². The Kier molecular flexibility index (Phi) is 3.20. The van der Waals surface area contributed by atoms with Crippen molar-refractivity contribution in [2.75, 3.05) is 6.54 Å². The number of nitrogens with zero attached hydrogens (tertiary/aromatic N) is 3. The molecule has 0 aliphatic heterocycles. The molecular formula is C14H15N5. The lowest BCUT2D eigenvalue weighted by Gasteiger charge is -2.16. The highest BCUT2D eigenvalue weighted by Crippen LogP contribution is 2.22. The van der Waals surface area contributed by atoms with E-state index in [2.05, 4.69) is 56.7 Å². The van der Waals surface area contributed by atoms with Gasteiger partial charge in [-0.1, -0.05) is 25.1 Å². The van der Waals surface area contributed by atoms with Gasteiger partial charge in [-0.3, -0.25) is 10.1 Å². The summed E-state index contributed by atoms with van der Waals surface area (Å²) < 4.78 is 0. The average Bonchev–Trinajstić information content (AvgIpc) is 2.98. The van der Waals surface area contributed by atoms with E-state index in [0.29, 0.717) is 0 Å². The van der Waals surface area contributed by atoms with Gasteiger partial charge in [-0.2, -0.15) is 5.10 Å². The molecule has 1 aromatic carbocycles. The minimum atomic E-state index is 0.0129. The highest BCUT2D eigenvalue weighted by Gasteiger charge is 2.16. The summed E-state index contributed by atoms with van der Waals surface area (Å²) in [5, 5.41) is 11.4. The van der Waals surface area contributed by atoms with Crippen LogP contribution in [0.4, 0.5) is 0 Å². The number of pyridine rings is 1. The van der Waals surface area contributed by atoms with Crippen LogP contribution < -0.4 is 5.32 Å². The van der Waals surface area contributed by atoms with Crippen LogP contribution in [0.25, 0.3) is 10.9 Å². The fraction of sp³-hybridized carbons (Fsp3) is 0.214. The quantitative estimate of drug-likeness (QED) is 0.747. The summed E-state index contributed by atoms with van der Waals surface area (Å²) in [6.45, 7) is 2.92. The standard InChI is InChI=1S/C14H15N5/c1-2-15-13(14-17-9-18-19-14)11-6-5-10-4-3-7-16-12(10)8-11/h3-9,13,15H,2H2,1H3,(H,17,18,19). The van der Waals surface area contributed by atoms with Gasteiger partial charge in [-0.05, 0) is 24.2 Å². The van der Waals surface area contributed by atoms with E-state index >= 15 is 0 Å². The number of fused-ring (bicyclic) bond motifs is 1. The zero-order chi connectivity index (χ0) is 13.1. The van der Waals surface area contributed by atoms with Crippen molar-refractivity contribution in [1.82, 2.24) is 25.5 Å².